The van der Waals surface area contributed by atoms with Crippen molar-refractivity contribution < 1.29 is 0 Å². The van der Waals surface area contributed by atoms with Crippen molar-refractivity contribution >= 4 is 11.6 Å². The van der Waals surface area contributed by atoms with Crippen LogP contribution >= 0.6 is 11.6 Å². The number of aromatic nitrogens is 3. The van der Waals surface area contributed by atoms with E-state index >= 15 is 0 Å². The average molecular weight is 292 g/mol. The van der Waals surface area contributed by atoms with Crippen molar-refractivity contribution in [3.05, 3.63) is 35.7 Å². The molecule has 2 aromatic rings. The van der Waals surface area contributed by atoms with Gasteiger partial charge in [0.25, 0.3) is 0 Å². The maximum Gasteiger partial charge on any atom is 0.164 e. The van der Waals surface area contributed by atoms with Gasteiger partial charge in [-0.05, 0) is 24.8 Å². The van der Waals surface area contributed by atoms with Gasteiger partial charge in [-0.2, -0.15) is 0 Å². The molecule has 0 fully saturated rings. The van der Waals surface area contributed by atoms with Gasteiger partial charge in [-0.25, -0.2) is 0 Å². The van der Waals surface area contributed by atoms with E-state index in [4.69, 9.17) is 11.6 Å². The number of benzene rings is 1. The Bertz CT molecular complexity index is 577. The first-order chi connectivity index (χ1) is 9.34. The van der Waals surface area contributed by atoms with E-state index in [0.717, 1.165) is 17.2 Å². The smallest absolute Gasteiger partial charge is 0.164 e. The van der Waals surface area contributed by atoms with Crippen LogP contribution in [0.2, 0.25) is 0 Å². The summed E-state index contributed by atoms with van der Waals surface area (Å²) in [5, 5.41) is 8.48. The van der Waals surface area contributed by atoms with Crippen LogP contribution < -0.4 is 0 Å². The highest BCUT2D eigenvalue weighted by molar-refractivity contribution is 6.16. The minimum atomic E-state index is 0.158. The Balaban J connectivity index is 2.45. The fourth-order valence-electron chi connectivity index (χ4n) is 2.27. The first kappa shape index (κ1) is 15.0. The molecule has 20 heavy (non-hydrogen) atoms. The molecule has 0 saturated carbocycles. The molecule has 1 heterocycles. The molecule has 0 spiro atoms. The number of alkyl halides is 1. The molecule has 0 aliphatic carbocycles. The number of halogens is 1. The highest BCUT2D eigenvalue weighted by Crippen LogP contribution is 2.27. The summed E-state index contributed by atoms with van der Waals surface area (Å²) in [4.78, 5) is 0. The third-order valence-electron chi connectivity index (χ3n) is 3.41. The van der Waals surface area contributed by atoms with Gasteiger partial charge in [-0.15, -0.1) is 21.8 Å². The molecular formula is C16H22ClN3. The lowest BCUT2D eigenvalue weighted by molar-refractivity contribution is 0.583. The first-order valence-electron chi connectivity index (χ1n) is 6.95. The molecule has 0 atom stereocenters. The van der Waals surface area contributed by atoms with E-state index in [-0.39, 0.29) is 11.5 Å². The van der Waals surface area contributed by atoms with Crippen LogP contribution in [0.1, 0.15) is 52.0 Å². The van der Waals surface area contributed by atoms with Crippen molar-refractivity contribution in [1.29, 1.82) is 0 Å². The monoisotopic (exact) mass is 291 g/mol. The standard InChI is InChI=1S/C16H22ClN3/c1-11(2)20-14(10-17)18-19-15(20)12-6-8-13(9-7-12)16(3,4)5/h6-9,11H,10H2,1-5H3. The molecule has 0 radical (unpaired) electrons. The molecule has 1 aromatic heterocycles. The maximum atomic E-state index is 5.94. The van der Waals surface area contributed by atoms with E-state index in [2.05, 4.69) is 73.6 Å². The van der Waals surface area contributed by atoms with Crippen LogP contribution in [0.3, 0.4) is 0 Å². The summed E-state index contributed by atoms with van der Waals surface area (Å²) in [5.41, 5.74) is 2.55. The van der Waals surface area contributed by atoms with Crippen molar-refractivity contribution in [1.82, 2.24) is 14.8 Å². The summed E-state index contributed by atoms with van der Waals surface area (Å²) < 4.78 is 2.10. The summed E-state index contributed by atoms with van der Waals surface area (Å²) in [5.74, 6) is 2.08. The van der Waals surface area contributed by atoms with Crippen molar-refractivity contribution in [3.8, 4) is 11.4 Å². The van der Waals surface area contributed by atoms with Crippen molar-refractivity contribution in [3.63, 3.8) is 0 Å². The normalized spacial score (nSPS) is 12.2. The number of nitrogens with zero attached hydrogens (tertiary/aromatic N) is 3. The summed E-state index contributed by atoms with van der Waals surface area (Å²) in [7, 11) is 0. The van der Waals surface area contributed by atoms with Gasteiger partial charge < -0.3 is 4.57 Å². The zero-order valence-corrected chi connectivity index (χ0v) is 13.6. The van der Waals surface area contributed by atoms with Crippen molar-refractivity contribution in [2.45, 2.75) is 52.0 Å². The molecule has 3 nitrogen and oxygen atoms in total. The molecule has 0 amide bonds. The van der Waals surface area contributed by atoms with Gasteiger partial charge in [0.15, 0.2) is 5.82 Å². The molecular weight excluding hydrogens is 270 g/mol. The first-order valence-corrected chi connectivity index (χ1v) is 7.48. The van der Waals surface area contributed by atoms with E-state index in [0.29, 0.717) is 5.88 Å². The van der Waals surface area contributed by atoms with Gasteiger partial charge in [0.1, 0.15) is 5.82 Å². The second-order valence-electron chi connectivity index (χ2n) is 6.36. The Morgan fingerprint density at radius 2 is 1.70 bits per heavy atom. The molecule has 108 valence electrons. The Hall–Kier alpha value is -1.35. The molecule has 0 unspecified atom stereocenters. The fraction of sp³-hybridized carbons (Fsp3) is 0.500. The molecule has 1 aromatic carbocycles. The molecule has 0 bridgehead atoms. The van der Waals surface area contributed by atoms with E-state index in [1.165, 1.54) is 5.56 Å². The van der Waals surface area contributed by atoms with E-state index < -0.39 is 0 Å². The highest BCUT2D eigenvalue weighted by Gasteiger charge is 2.17. The van der Waals surface area contributed by atoms with Crippen LogP contribution in [-0.2, 0) is 11.3 Å². The van der Waals surface area contributed by atoms with E-state index in [1.54, 1.807) is 0 Å². The maximum absolute atomic E-state index is 5.94. The minimum absolute atomic E-state index is 0.158. The quantitative estimate of drug-likeness (QED) is 0.776. The number of hydrogen-bond acceptors (Lipinski definition) is 2. The van der Waals surface area contributed by atoms with E-state index in [9.17, 15) is 0 Å². The van der Waals surface area contributed by atoms with Gasteiger partial charge in [0.05, 0.1) is 5.88 Å². The van der Waals surface area contributed by atoms with Crippen molar-refractivity contribution in [2.24, 2.45) is 0 Å². The number of rotatable bonds is 3. The van der Waals surface area contributed by atoms with Gasteiger partial charge >= 0.3 is 0 Å². The lowest BCUT2D eigenvalue weighted by atomic mass is 9.86. The predicted octanol–water partition coefficient (Wildman–Crippen LogP) is 4.56. The van der Waals surface area contributed by atoms with Gasteiger partial charge in [-0.3, -0.25) is 0 Å². The van der Waals surface area contributed by atoms with Crippen LogP contribution in [0.5, 0.6) is 0 Å². The van der Waals surface area contributed by atoms with Gasteiger partial charge in [-0.1, -0.05) is 45.0 Å². The molecule has 2 rings (SSSR count). The Morgan fingerprint density at radius 3 is 2.15 bits per heavy atom. The Kier molecular flexibility index (Phi) is 4.19. The van der Waals surface area contributed by atoms with Gasteiger partial charge in [0.2, 0.25) is 0 Å². The Labute approximate surface area is 126 Å². The topological polar surface area (TPSA) is 30.7 Å². The molecule has 4 heteroatoms. The fourth-order valence-corrected chi connectivity index (χ4v) is 2.46. The van der Waals surface area contributed by atoms with Crippen LogP contribution in [0.15, 0.2) is 24.3 Å². The Morgan fingerprint density at radius 1 is 1.10 bits per heavy atom. The SMILES string of the molecule is CC(C)n1c(CCl)nnc1-c1ccc(C(C)(C)C)cc1. The second kappa shape index (κ2) is 5.57. The summed E-state index contributed by atoms with van der Waals surface area (Å²) in [6.45, 7) is 10.9. The van der Waals surface area contributed by atoms with E-state index in [1.807, 2.05) is 0 Å². The summed E-state index contributed by atoms with van der Waals surface area (Å²) >= 11 is 5.94. The highest BCUT2D eigenvalue weighted by atomic mass is 35.5. The number of hydrogen-bond donors (Lipinski definition) is 0. The summed E-state index contributed by atoms with van der Waals surface area (Å²) in [6, 6.07) is 8.84. The van der Waals surface area contributed by atoms with Crippen LogP contribution in [-0.4, -0.2) is 14.8 Å². The van der Waals surface area contributed by atoms with Gasteiger partial charge in [0, 0.05) is 11.6 Å². The molecule has 0 aliphatic heterocycles. The average Bonchev–Trinajstić information content (AvgIpc) is 2.81. The molecule has 0 saturated heterocycles. The lowest BCUT2D eigenvalue weighted by Crippen LogP contribution is -2.11. The molecule has 0 aliphatic rings. The summed E-state index contributed by atoms with van der Waals surface area (Å²) in [6.07, 6.45) is 0. The zero-order chi connectivity index (χ0) is 14.9. The van der Waals surface area contributed by atoms with Crippen molar-refractivity contribution in [2.75, 3.05) is 0 Å². The third-order valence-corrected chi connectivity index (χ3v) is 3.65. The van der Waals surface area contributed by atoms with Crippen LogP contribution in [0.4, 0.5) is 0 Å². The largest absolute Gasteiger partial charge is 0.307 e. The zero-order valence-electron chi connectivity index (χ0n) is 12.8. The predicted molar refractivity (Wildman–Crippen MR) is 84.1 cm³/mol. The molecule has 0 N–H and O–H groups in total. The van der Waals surface area contributed by atoms with Crippen LogP contribution in [0.25, 0.3) is 11.4 Å². The minimum Gasteiger partial charge on any atom is -0.307 e. The third kappa shape index (κ3) is 2.88. The lowest BCUT2D eigenvalue weighted by Gasteiger charge is -2.19. The van der Waals surface area contributed by atoms with Crippen LogP contribution in [0, 0.1) is 0 Å². The second-order valence-corrected chi connectivity index (χ2v) is 6.63.